The smallest absolute Gasteiger partial charge is 0.318 e. The van der Waals surface area contributed by atoms with Gasteiger partial charge in [-0.15, -0.1) is 0 Å². The van der Waals surface area contributed by atoms with Crippen LogP contribution in [0.15, 0.2) is 41.4 Å². The fourth-order valence-corrected chi connectivity index (χ4v) is 3.85. The second-order valence-corrected chi connectivity index (χ2v) is 7.82. The molecule has 0 bridgehead atoms. The predicted octanol–water partition coefficient (Wildman–Crippen LogP) is 1.80. The molecule has 4 N–H and O–H groups in total. The summed E-state index contributed by atoms with van der Waals surface area (Å²) in [7, 11) is -2.40. The Balaban J connectivity index is 1.74. The molecule has 10 heteroatoms. The van der Waals surface area contributed by atoms with Crippen LogP contribution in [-0.4, -0.2) is 50.4 Å². The van der Waals surface area contributed by atoms with E-state index in [0.29, 0.717) is 18.8 Å². The molecule has 0 atom stereocenters. The van der Waals surface area contributed by atoms with E-state index in [1.165, 1.54) is 25.4 Å². The van der Waals surface area contributed by atoms with Crippen LogP contribution < -0.4 is 15.4 Å². The molecule has 1 aliphatic rings. The van der Waals surface area contributed by atoms with Gasteiger partial charge in [0.15, 0.2) is 0 Å². The quantitative estimate of drug-likeness (QED) is 0.620. The van der Waals surface area contributed by atoms with Gasteiger partial charge in [-0.1, -0.05) is 6.07 Å². The van der Waals surface area contributed by atoms with Gasteiger partial charge < -0.3 is 20.5 Å². The first kappa shape index (κ1) is 18.8. The lowest BCUT2D eigenvalue weighted by Gasteiger charge is -2.13. The largest absolute Gasteiger partial charge is 0.356 e. The number of carbonyl (C=O) groups is 2. The first-order valence-electron chi connectivity index (χ1n) is 8.48. The van der Waals surface area contributed by atoms with Crippen LogP contribution in [0.25, 0.3) is 0 Å². The van der Waals surface area contributed by atoms with E-state index < -0.39 is 16.1 Å². The maximum atomic E-state index is 12.6. The third kappa shape index (κ3) is 4.40. The number of hydrogen-bond acceptors (Lipinski definition) is 4. The summed E-state index contributed by atoms with van der Waals surface area (Å²) in [6, 6.07) is 7.23. The Morgan fingerprint density at radius 3 is 2.52 bits per heavy atom. The summed E-state index contributed by atoms with van der Waals surface area (Å²) in [5, 5.41) is 4.98. The lowest BCUT2D eigenvalue weighted by Crippen LogP contribution is -2.27. The minimum Gasteiger partial charge on any atom is -0.356 e. The number of aromatic nitrogens is 1. The standard InChI is InChI=1S/C17H21N5O4S/c1-18-17(24)20-12-5-4-6-13(9-12)21-27(25,26)14-10-15(19-11-14)16(23)22-7-2-3-8-22/h4-6,9-11,19,21H,2-3,7-8H2,1H3,(H2,18,20,24). The number of likely N-dealkylation sites (tertiary alicyclic amines) is 1. The normalized spacial score (nSPS) is 14.0. The van der Waals surface area contributed by atoms with Crippen molar-refractivity contribution in [2.75, 3.05) is 30.2 Å². The highest BCUT2D eigenvalue weighted by Gasteiger charge is 2.23. The highest BCUT2D eigenvalue weighted by Crippen LogP contribution is 2.21. The average molecular weight is 391 g/mol. The van der Waals surface area contributed by atoms with Crippen LogP contribution in [0.1, 0.15) is 23.3 Å². The van der Waals surface area contributed by atoms with Gasteiger partial charge in [-0.25, -0.2) is 13.2 Å². The molecule has 0 unspecified atom stereocenters. The Bertz CT molecular complexity index is 948. The summed E-state index contributed by atoms with van der Waals surface area (Å²) in [5.74, 6) is -0.203. The number of urea groups is 1. The van der Waals surface area contributed by atoms with Gasteiger partial charge in [0.1, 0.15) is 10.6 Å². The number of H-pyrrole nitrogens is 1. The van der Waals surface area contributed by atoms with Crippen LogP contribution in [0, 0.1) is 0 Å². The third-order valence-corrected chi connectivity index (χ3v) is 5.55. The molecule has 1 saturated heterocycles. The van der Waals surface area contributed by atoms with Gasteiger partial charge in [-0.2, -0.15) is 0 Å². The zero-order valence-corrected chi connectivity index (χ0v) is 15.6. The van der Waals surface area contributed by atoms with E-state index in [9.17, 15) is 18.0 Å². The molecule has 2 heterocycles. The van der Waals surface area contributed by atoms with Gasteiger partial charge >= 0.3 is 6.03 Å². The molecular formula is C17H21N5O4S. The van der Waals surface area contributed by atoms with Gasteiger partial charge in [-0.05, 0) is 37.1 Å². The fourth-order valence-electron chi connectivity index (χ4n) is 2.81. The Labute approximate surface area is 157 Å². The lowest BCUT2D eigenvalue weighted by molar-refractivity contribution is 0.0787. The zero-order chi connectivity index (χ0) is 19.4. The Kier molecular flexibility index (Phi) is 5.36. The number of rotatable bonds is 5. The molecular weight excluding hydrogens is 370 g/mol. The van der Waals surface area contributed by atoms with E-state index in [1.807, 2.05) is 0 Å². The molecule has 0 radical (unpaired) electrons. The van der Waals surface area contributed by atoms with Crippen molar-refractivity contribution in [1.82, 2.24) is 15.2 Å². The predicted molar refractivity (Wildman–Crippen MR) is 101 cm³/mol. The molecule has 2 aromatic rings. The van der Waals surface area contributed by atoms with Gasteiger partial charge in [-0.3, -0.25) is 9.52 Å². The Morgan fingerprint density at radius 2 is 1.81 bits per heavy atom. The first-order valence-corrected chi connectivity index (χ1v) is 9.97. The van der Waals surface area contributed by atoms with E-state index in [0.717, 1.165) is 12.8 Å². The number of aromatic amines is 1. The van der Waals surface area contributed by atoms with Gasteiger partial charge in [0, 0.05) is 32.0 Å². The van der Waals surface area contributed by atoms with E-state index in [-0.39, 0.29) is 22.2 Å². The molecule has 1 aromatic carbocycles. The van der Waals surface area contributed by atoms with Crippen molar-refractivity contribution < 1.29 is 18.0 Å². The maximum Gasteiger partial charge on any atom is 0.318 e. The van der Waals surface area contributed by atoms with Gasteiger partial charge in [0.05, 0.1) is 5.69 Å². The summed E-state index contributed by atoms with van der Waals surface area (Å²) in [5.41, 5.74) is 0.971. The van der Waals surface area contributed by atoms with Crippen LogP contribution in [0.4, 0.5) is 16.2 Å². The van der Waals surface area contributed by atoms with Crippen molar-refractivity contribution >= 4 is 33.3 Å². The SMILES string of the molecule is CNC(=O)Nc1cccc(NS(=O)(=O)c2c[nH]c(C(=O)N3CCCC3)c2)c1. The molecule has 1 aromatic heterocycles. The molecule has 144 valence electrons. The molecule has 27 heavy (non-hydrogen) atoms. The van der Waals surface area contributed by atoms with Crippen molar-refractivity contribution in [2.24, 2.45) is 0 Å². The molecule has 3 rings (SSSR count). The van der Waals surface area contributed by atoms with Crippen LogP contribution >= 0.6 is 0 Å². The number of nitrogens with one attached hydrogen (secondary N) is 4. The fraction of sp³-hybridized carbons (Fsp3) is 0.294. The summed E-state index contributed by atoms with van der Waals surface area (Å²) in [6.45, 7) is 1.37. The average Bonchev–Trinajstić information content (AvgIpc) is 3.33. The number of nitrogens with zero attached hydrogens (tertiary/aromatic N) is 1. The number of benzene rings is 1. The molecule has 0 saturated carbocycles. The van der Waals surface area contributed by atoms with E-state index >= 15 is 0 Å². The molecule has 0 aliphatic carbocycles. The van der Waals surface area contributed by atoms with Gasteiger partial charge in [0.25, 0.3) is 15.9 Å². The highest BCUT2D eigenvalue weighted by atomic mass is 32.2. The van der Waals surface area contributed by atoms with Crippen molar-refractivity contribution in [3.05, 3.63) is 42.2 Å². The number of carbonyl (C=O) groups excluding carboxylic acids is 2. The van der Waals surface area contributed by atoms with E-state index in [2.05, 4.69) is 20.3 Å². The van der Waals surface area contributed by atoms with Crippen molar-refractivity contribution in [3.8, 4) is 0 Å². The summed E-state index contributed by atoms with van der Waals surface area (Å²) in [6.07, 6.45) is 3.21. The molecule has 0 spiro atoms. The zero-order valence-electron chi connectivity index (χ0n) is 14.8. The lowest BCUT2D eigenvalue weighted by atomic mass is 10.3. The summed E-state index contributed by atoms with van der Waals surface area (Å²) >= 11 is 0. The number of sulfonamides is 1. The topological polar surface area (TPSA) is 123 Å². The van der Waals surface area contributed by atoms with Crippen LogP contribution in [0.3, 0.4) is 0 Å². The number of anilines is 2. The monoisotopic (exact) mass is 391 g/mol. The van der Waals surface area contributed by atoms with Crippen molar-refractivity contribution in [2.45, 2.75) is 17.7 Å². The Hall–Kier alpha value is -3.01. The molecule has 1 aliphatic heterocycles. The highest BCUT2D eigenvalue weighted by molar-refractivity contribution is 7.92. The van der Waals surface area contributed by atoms with Crippen LogP contribution in [0.5, 0.6) is 0 Å². The van der Waals surface area contributed by atoms with Crippen LogP contribution in [-0.2, 0) is 10.0 Å². The molecule has 9 nitrogen and oxygen atoms in total. The van der Waals surface area contributed by atoms with Crippen molar-refractivity contribution in [3.63, 3.8) is 0 Å². The minimum atomic E-state index is -3.88. The van der Waals surface area contributed by atoms with Crippen LogP contribution in [0.2, 0.25) is 0 Å². The Morgan fingerprint density at radius 1 is 1.11 bits per heavy atom. The van der Waals surface area contributed by atoms with E-state index in [1.54, 1.807) is 23.1 Å². The number of amides is 3. The second-order valence-electron chi connectivity index (χ2n) is 6.14. The third-order valence-electron chi connectivity index (χ3n) is 4.19. The minimum absolute atomic E-state index is 0.0327. The number of hydrogen-bond donors (Lipinski definition) is 4. The maximum absolute atomic E-state index is 12.6. The summed E-state index contributed by atoms with van der Waals surface area (Å²) in [4.78, 5) is 28.1. The summed E-state index contributed by atoms with van der Waals surface area (Å²) < 4.78 is 27.6. The molecule has 3 amide bonds. The first-order chi connectivity index (χ1) is 12.9. The molecule has 1 fully saturated rings. The van der Waals surface area contributed by atoms with Gasteiger partial charge in [0.2, 0.25) is 0 Å². The second kappa shape index (κ2) is 7.70. The van der Waals surface area contributed by atoms with E-state index in [4.69, 9.17) is 0 Å². The van der Waals surface area contributed by atoms with Crippen molar-refractivity contribution in [1.29, 1.82) is 0 Å².